The lowest BCUT2D eigenvalue weighted by Gasteiger charge is -2.30. The summed E-state index contributed by atoms with van der Waals surface area (Å²) in [7, 11) is 3.26. The summed E-state index contributed by atoms with van der Waals surface area (Å²) in [6, 6.07) is 18.5. The van der Waals surface area contributed by atoms with Gasteiger partial charge < -0.3 is 24.8 Å². The molecule has 4 aromatic carbocycles. The van der Waals surface area contributed by atoms with Crippen molar-refractivity contribution in [2.24, 2.45) is 0 Å². The van der Waals surface area contributed by atoms with Crippen LogP contribution in [0.2, 0.25) is 0 Å². The number of nitrogens with zero attached hydrogens (tertiary/aromatic N) is 1. The van der Waals surface area contributed by atoms with Gasteiger partial charge in [-0.1, -0.05) is 18.2 Å². The number of rotatable bonds is 7. The number of nitrogens with one attached hydrogen (secondary N) is 1. The quantitative estimate of drug-likeness (QED) is 0.144. The molecule has 0 saturated carbocycles. The number of carbonyl (C=O) groups is 1. The number of anilines is 1. The molecule has 47 heavy (non-hydrogen) atoms. The van der Waals surface area contributed by atoms with Gasteiger partial charge in [-0.2, -0.15) is 0 Å². The first-order chi connectivity index (χ1) is 22.5. The molecule has 0 amide bonds. The molecule has 1 fully saturated rings. The molecule has 1 saturated heterocycles. The number of aliphatic hydroxyl groups excluding tert-OH is 1. The van der Waals surface area contributed by atoms with Crippen LogP contribution in [0.3, 0.4) is 0 Å². The Kier molecular flexibility index (Phi) is 19.0. The van der Waals surface area contributed by atoms with Crippen molar-refractivity contribution >= 4 is 59.8 Å². The van der Waals surface area contributed by atoms with Crippen LogP contribution < -0.4 is 10.2 Å². The van der Waals surface area contributed by atoms with Crippen molar-refractivity contribution in [1.82, 2.24) is 5.32 Å². The zero-order chi connectivity index (χ0) is 34.8. The van der Waals surface area contributed by atoms with Crippen LogP contribution in [0.25, 0.3) is 0 Å². The summed E-state index contributed by atoms with van der Waals surface area (Å²) in [6.07, 6.45) is 0.671. The van der Waals surface area contributed by atoms with Crippen molar-refractivity contribution in [3.8, 4) is 0 Å². The molecular formula is C34H35Br3F4N2O4. The molecule has 4 aromatic rings. The van der Waals surface area contributed by atoms with Gasteiger partial charge in [-0.3, -0.25) is 4.79 Å². The van der Waals surface area contributed by atoms with Crippen molar-refractivity contribution in [2.75, 3.05) is 45.3 Å². The number of carbonyl (C=O) groups excluding carboxylic acids is 1. The summed E-state index contributed by atoms with van der Waals surface area (Å²) >= 11 is 9.04. The van der Waals surface area contributed by atoms with Gasteiger partial charge in [0.15, 0.2) is 0 Å². The number of aliphatic hydroxyl groups is 1. The highest BCUT2D eigenvalue weighted by Gasteiger charge is 2.14. The Labute approximate surface area is 297 Å². The Morgan fingerprint density at radius 3 is 1.62 bits per heavy atom. The minimum atomic E-state index is -0.356. The lowest BCUT2D eigenvalue weighted by molar-refractivity contribution is 0.112. The van der Waals surface area contributed by atoms with E-state index < -0.39 is 0 Å². The highest BCUT2D eigenvalue weighted by molar-refractivity contribution is 9.11. The maximum atomic E-state index is 13.7. The van der Waals surface area contributed by atoms with Gasteiger partial charge in [-0.25, -0.2) is 17.6 Å². The summed E-state index contributed by atoms with van der Waals surface area (Å²) < 4.78 is 62.4. The molecule has 1 aliphatic rings. The van der Waals surface area contributed by atoms with Crippen LogP contribution in [0.5, 0.6) is 0 Å². The predicted molar refractivity (Wildman–Crippen MR) is 187 cm³/mol. The third kappa shape index (κ3) is 14.6. The van der Waals surface area contributed by atoms with Crippen LogP contribution in [0.15, 0.2) is 86.2 Å². The first-order valence-electron chi connectivity index (χ1n) is 14.1. The number of aldehydes is 1. The Morgan fingerprint density at radius 1 is 0.702 bits per heavy atom. The van der Waals surface area contributed by atoms with E-state index in [2.05, 4.69) is 58.0 Å². The summed E-state index contributed by atoms with van der Waals surface area (Å²) in [5, 5.41) is 11.9. The SMILES string of the molecule is COCc1ccc(F)c(Br)c1.COCc1ccc(F)c(N2CCNCC2)c1.O=Cc1ccc(F)c(Br)c1.OCc1ccc(F)c(Br)c1. The van der Waals surface area contributed by atoms with Crippen LogP contribution in [0.1, 0.15) is 27.0 Å². The molecule has 0 unspecified atom stereocenters. The molecule has 0 atom stereocenters. The van der Waals surface area contributed by atoms with E-state index in [4.69, 9.17) is 14.6 Å². The van der Waals surface area contributed by atoms with Crippen molar-refractivity contribution in [2.45, 2.75) is 19.8 Å². The standard InChI is InChI=1S/C12H17FN2O.C8H8BrFO.C7H6BrFO.C7H4BrFO/c1-16-9-10-2-3-11(13)12(8-10)15-6-4-14-5-7-15;1-11-5-6-2-3-8(10)7(9)4-6;2*8-6-3-5(4-10)1-2-7(6)9/h2-3,8,14H,4-7,9H2,1H3;2-4H,5H2,1H3;1-3,10H,4H2;1-4H. The van der Waals surface area contributed by atoms with Gasteiger partial charge in [0.2, 0.25) is 0 Å². The van der Waals surface area contributed by atoms with Gasteiger partial charge in [0.1, 0.15) is 29.6 Å². The molecule has 0 spiro atoms. The van der Waals surface area contributed by atoms with Crippen LogP contribution in [-0.2, 0) is 29.3 Å². The molecule has 1 heterocycles. The molecule has 5 rings (SSSR count). The molecule has 1 aliphatic heterocycles. The highest BCUT2D eigenvalue weighted by Crippen LogP contribution is 2.22. The van der Waals surface area contributed by atoms with Gasteiger partial charge in [-0.05, 0) is 119 Å². The normalized spacial score (nSPS) is 12.1. The first kappa shape index (κ1) is 40.5. The largest absolute Gasteiger partial charge is 0.392 e. The number of hydrogen-bond acceptors (Lipinski definition) is 6. The second-order valence-corrected chi connectivity index (χ2v) is 12.4. The van der Waals surface area contributed by atoms with E-state index in [-0.39, 0.29) is 29.9 Å². The van der Waals surface area contributed by atoms with E-state index in [1.54, 1.807) is 44.6 Å². The third-order valence-corrected chi connectivity index (χ3v) is 8.14. The lowest BCUT2D eigenvalue weighted by atomic mass is 10.1. The summed E-state index contributed by atoms with van der Waals surface area (Å²) in [5.74, 6) is -1.06. The van der Waals surface area contributed by atoms with E-state index >= 15 is 0 Å². The van der Waals surface area contributed by atoms with E-state index in [9.17, 15) is 22.4 Å². The summed E-state index contributed by atoms with van der Waals surface area (Å²) in [4.78, 5) is 12.2. The maximum Gasteiger partial charge on any atom is 0.150 e. The lowest BCUT2D eigenvalue weighted by Crippen LogP contribution is -2.43. The number of piperazine rings is 1. The second kappa shape index (κ2) is 22.1. The summed E-state index contributed by atoms with van der Waals surface area (Å²) in [6.45, 7) is 4.51. The Bertz CT molecular complexity index is 1560. The number of hydrogen-bond donors (Lipinski definition) is 2. The van der Waals surface area contributed by atoms with Gasteiger partial charge in [-0.15, -0.1) is 0 Å². The molecule has 13 heteroatoms. The number of methoxy groups -OCH3 is 2. The van der Waals surface area contributed by atoms with Crippen molar-refractivity contribution < 1.29 is 36.9 Å². The predicted octanol–water partition coefficient (Wildman–Crippen LogP) is 8.60. The minimum Gasteiger partial charge on any atom is -0.392 e. The van der Waals surface area contributed by atoms with Crippen LogP contribution in [0.4, 0.5) is 23.2 Å². The van der Waals surface area contributed by atoms with Crippen LogP contribution in [0, 0.1) is 23.3 Å². The van der Waals surface area contributed by atoms with Gasteiger partial charge in [0.25, 0.3) is 0 Å². The number of halogens is 7. The Hall–Kier alpha value is -2.65. The van der Waals surface area contributed by atoms with Crippen molar-refractivity contribution in [3.05, 3.63) is 132 Å². The Balaban J connectivity index is 0.000000223. The molecular weight excluding hydrogens is 816 g/mol. The van der Waals surface area contributed by atoms with E-state index in [1.807, 2.05) is 6.07 Å². The van der Waals surface area contributed by atoms with Gasteiger partial charge in [0.05, 0.1) is 38.9 Å². The monoisotopic (exact) mass is 848 g/mol. The fourth-order valence-corrected chi connectivity index (χ4v) is 5.23. The van der Waals surface area contributed by atoms with E-state index in [1.165, 1.54) is 36.4 Å². The molecule has 0 radical (unpaired) electrons. The molecule has 0 aromatic heterocycles. The molecule has 6 nitrogen and oxygen atoms in total. The Morgan fingerprint density at radius 2 is 1.15 bits per heavy atom. The van der Waals surface area contributed by atoms with Crippen molar-refractivity contribution in [3.63, 3.8) is 0 Å². The minimum absolute atomic E-state index is 0.0567. The first-order valence-corrected chi connectivity index (χ1v) is 16.5. The van der Waals surface area contributed by atoms with Gasteiger partial charge >= 0.3 is 0 Å². The zero-order valence-electron chi connectivity index (χ0n) is 25.7. The molecule has 0 aliphatic carbocycles. The van der Waals surface area contributed by atoms with Gasteiger partial charge in [0, 0.05) is 46.0 Å². The molecule has 254 valence electrons. The maximum absolute atomic E-state index is 13.7. The topological polar surface area (TPSA) is 71.0 Å². The van der Waals surface area contributed by atoms with Crippen LogP contribution >= 0.6 is 47.8 Å². The molecule has 0 bridgehead atoms. The average Bonchev–Trinajstić information content (AvgIpc) is 3.08. The average molecular weight is 851 g/mol. The second-order valence-electron chi connectivity index (χ2n) is 9.84. The third-order valence-electron chi connectivity index (χ3n) is 6.32. The fraction of sp³-hybridized carbons (Fsp3) is 0.265. The van der Waals surface area contributed by atoms with Crippen LogP contribution in [-0.4, -0.2) is 51.8 Å². The smallest absolute Gasteiger partial charge is 0.150 e. The number of benzene rings is 4. The summed E-state index contributed by atoms with van der Waals surface area (Å²) in [5.41, 5.74) is 3.83. The zero-order valence-corrected chi connectivity index (χ0v) is 30.5. The molecule has 2 N–H and O–H groups in total. The highest BCUT2D eigenvalue weighted by atomic mass is 79.9. The number of ether oxygens (including phenoxy) is 2. The van der Waals surface area contributed by atoms with Crippen molar-refractivity contribution in [1.29, 1.82) is 0 Å². The fourth-order valence-electron chi connectivity index (χ4n) is 3.98. The van der Waals surface area contributed by atoms with E-state index in [0.717, 1.165) is 37.3 Å². The van der Waals surface area contributed by atoms with E-state index in [0.29, 0.717) is 49.7 Å².